The Labute approximate surface area is 117 Å². The summed E-state index contributed by atoms with van der Waals surface area (Å²) in [6, 6.07) is 3.81. The van der Waals surface area contributed by atoms with Crippen molar-refractivity contribution in [3.05, 3.63) is 35.4 Å². The lowest BCUT2D eigenvalue weighted by atomic mass is 9.97. The van der Waals surface area contributed by atoms with Gasteiger partial charge >= 0.3 is 0 Å². The summed E-state index contributed by atoms with van der Waals surface area (Å²) in [6.45, 7) is 0. The molecule has 2 bridgehead atoms. The lowest BCUT2D eigenvalue weighted by Crippen LogP contribution is -2.13. The number of alkyl halides is 1. The Hall–Kier alpha value is -0.630. The van der Waals surface area contributed by atoms with Gasteiger partial charge in [-0.25, -0.2) is 8.78 Å². The molecule has 0 spiro atoms. The van der Waals surface area contributed by atoms with Crippen LogP contribution in [0.1, 0.15) is 24.8 Å². The van der Waals surface area contributed by atoms with Crippen LogP contribution in [-0.2, 0) is 6.42 Å². The molecule has 0 aromatic heterocycles. The fraction of sp³-hybridized carbons (Fsp3) is 0.625. The fourth-order valence-electron chi connectivity index (χ4n) is 4.91. The SMILES string of the molecule is Fc1ccc(CC(Cl)C2C3C4CCC(C4)C23)c(F)c1. The van der Waals surface area contributed by atoms with Gasteiger partial charge in [0.15, 0.2) is 0 Å². The molecule has 1 aromatic rings. The third-order valence-electron chi connectivity index (χ3n) is 5.64. The molecular formula is C16H17ClF2. The Morgan fingerprint density at radius 2 is 1.84 bits per heavy atom. The Morgan fingerprint density at radius 1 is 1.16 bits per heavy atom. The molecule has 5 atom stereocenters. The Bertz CT molecular complexity index is 499. The van der Waals surface area contributed by atoms with E-state index in [1.54, 1.807) is 0 Å². The van der Waals surface area contributed by atoms with Crippen LogP contribution in [0.5, 0.6) is 0 Å². The normalized spacial score (nSPS) is 40.3. The molecule has 0 heterocycles. The van der Waals surface area contributed by atoms with Gasteiger partial charge in [0.2, 0.25) is 0 Å². The molecule has 3 saturated carbocycles. The number of benzene rings is 1. The first-order valence-electron chi connectivity index (χ1n) is 7.23. The standard InChI is InChI=1S/C16H17ClF2/c17-12(6-8-3-4-11(18)7-13(8)19)16-14-9-1-2-10(5-9)15(14)16/h3-4,7,9-10,12,14-16H,1-2,5-6H2. The first kappa shape index (κ1) is 12.1. The molecule has 0 nitrogen and oxygen atoms in total. The average Bonchev–Trinajstić information content (AvgIpc) is 2.82. The summed E-state index contributed by atoms with van der Waals surface area (Å²) in [5.74, 6) is 3.00. The van der Waals surface area contributed by atoms with Gasteiger partial charge in [-0.2, -0.15) is 0 Å². The maximum Gasteiger partial charge on any atom is 0.129 e. The monoisotopic (exact) mass is 282 g/mol. The highest BCUT2D eigenvalue weighted by atomic mass is 35.5. The Kier molecular flexibility index (Phi) is 2.67. The van der Waals surface area contributed by atoms with E-state index in [1.807, 2.05) is 0 Å². The summed E-state index contributed by atoms with van der Waals surface area (Å²) >= 11 is 6.52. The summed E-state index contributed by atoms with van der Waals surface area (Å²) in [4.78, 5) is 0. The van der Waals surface area contributed by atoms with E-state index in [9.17, 15) is 8.78 Å². The van der Waals surface area contributed by atoms with Crippen LogP contribution in [0.15, 0.2) is 18.2 Å². The van der Waals surface area contributed by atoms with Gasteiger partial charge in [-0.15, -0.1) is 11.6 Å². The molecule has 102 valence electrons. The molecule has 3 aliphatic carbocycles. The minimum atomic E-state index is -0.520. The van der Waals surface area contributed by atoms with E-state index in [4.69, 9.17) is 11.6 Å². The van der Waals surface area contributed by atoms with Crippen LogP contribution >= 0.6 is 11.6 Å². The topological polar surface area (TPSA) is 0 Å². The van der Waals surface area contributed by atoms with Crippen LogP contribution in [0.3, 0.4) is 0 Å². The van der Waals surface area contributed by atoms with Crippen LogP contribution in [0.4, 0.5) is 8.78 Å². The highest BCUT2D eigenvalue weighted by molar-refractivity contribution is 6.21. The molecule has 1 aromatic carbocycles. The van der Waals surface area contributed by atoms with Crippen molar-refractivity contribution in [1.82, 2.24) is 0 Å². The van der Waals surface area contributed by atoms with Crippen molar-refractivity contribution in [2.45, 2.75) is 31.1 Å². The van der Waals surface area contributed by atoms with Crippen LogP contribution in [0.2, 0.25) is 0 Å². The van der Waals surface area contributed by atoms with E-state index in [2.05, 4.69) is 0 Å². The summed E-state index contributed by atoms with van der Waals surface area (Å²) in [5.41, 5.74) is 0.554. The lowest BCUT2D eigenvalue weighted by molar-refractivity contribution is 0.447. The van der Waals surface area contributed by atoms with Crippen molar-refractivity contribution >= 4 is 11.6 Å². The van der Waals surface area contributed by atoms with Gasteiger partial charge < -0.3 is 0 Å². The molecule has 0 radical (unpaired) electrons. The van der Waals surface area contributed by atoms with E-state index in [1.165, 1.54) is 31.4 Å². The number of rotatable bonds is 3. The van der Waals surface area contributed by atoms with Crippen LogP contribution in [0.25, 0.3) is 0 Å². The van der Waals surface area contributed by atoms with Crippen LogP contribution in [0, 0.1) is 41.2 Å². The predicted octanol–water partition coefficient (Wildman–Crippen LogP) is 4.41. The fourth-order valence-corrected chi connectivity index (χ4v) is 5.41. The number of hydrogen-bond acceptors (Lipinski definition) is 0. The summed E-state index contributed by atoms with van der Waals surface area (Å²) in [6.07, 6.45) is 4.68. The largest absolute Gasteiger partial charge is 0.207 e. The zero-order chi connectivity index (χ0) is 13.1. The van der Waals surface area contributed by atoms with Crippen molar-refractivity contribution in [2.24, 2.45) is 29.6 Å². The van der Waals surface area contributed by atoms with E-state index in [0.29, 0.717) is 17.9 Å². The quantitative estimate of drug-likeness (QED) is 0.721. The maximum absolute atomic E-state index is 13.7. The van der Waals surface area contributed by atoms with Crippen molar-refractivity contribution < 1.29 is 8.78 Å². The Balaban J connectivity index is 1.47. The van der Waals surface area contributed by atoms with Gasteiger partial charge in [-0.05, 0) is 66.9 Å². The van der Waals surface area contributed by atoms with Gasteiger partial charge in [0, 0.05) is 11.4 Å². The van der Waals surface area contributed by atoms with Crippen LogP contribution in [-0.4, -0.2) is 5.38 Å². The smallest absolute Gasteiger partial charge is 0.129 e. The summed E-state index contributed by atoms with van der Waals surface area (Å²) in [5, 5.41) is 0.0124. The average molecular weight is 283 g/mol. The van der Waals surface area contributed by atoms with E-state index in [-0.39, 0.29) is 5.38 Å². The second-order valence-electron chi connectivity index (χ2n) is 6.52. The van der Waals surface area contributed by atoms with Gasteiger partial charge in [-0.1, -0.05) is 6.07 Å². The highest BCUT2D eigenvalue weighted by Gasteiger charge is 2.66. The molecular weight excluding hydrogens is 266 g/mol. The maximum atomic E-state index is 13.7. The molecule has 0 amide bonds. The molecule has 0 N–H and O–H groups in total. The molecule has 5 unspecified atom stereocenters. The Morgan fingerprint density at radius 3 is 2.47 bits per heavy atom. The molecule has 3 fully saturated rings. The number of fused-ring (bicyclic) bond motifs is 5. The van der Waals surface area contributed by atoms with E-state index in [0.717, 1.165) is 29.7 Å². The third kappa shape index (κ3) is 1.83. The molecule has 19 heavy (non-hydrogen) atoms. The zero-order valence-corrected chi connectivity index (χ0v) is 11.4. The number of halogens is 3. The zero-order valence-electron chi connectivity index (χ0n) is 10.7. The molecule has 3 heteroatoms. The van der Waals surface area contributed by atoms with Crippen molar-refractivity contribution in [3.63, 3.8) is 0 Å². The van der Waals surface area contributed by atoms with Crippen molar-refractivity contribution in [3.8, 4) is 0 Å². The second kappa shape index (κ2) is 4.18. The van der Waals surface area contributed by atoms with Gasteiger partial charge in [0.1, 0.15) is 11.6 Å². The van der Waals surface area contributed by atoms with Crippen molar-refractivity contribution in [1.29, 1.82) is 0 Å². The lowest BCUT2D eigenvalue weighted by Gasteiger charge is -2.14. The first-order chi connectivity index (χ1) is 9.15. The third-order valence-corrected chi connectivity index (χ3v) is 6.09. The van der Waals surface area contributed by atoms with Gasteiger partial charge in [-0.3, -0.25) is 0 Å². The number of hydrogen-bond donors (Lipinski definition) is 0. The summed E-state index contributed by atoms with van der Waals surface area (Å²) in [7, 11) is 0. The minimum absolute atomic E-state index is 0.0124. The second-order valence-corrected chi connectivity index (χ2v) is 7.08. The van der Waals surface area contributed by atoms with Crippen molar-refractivity contribution in [2.75, 3.05) is 0 Å². The molecule has 0 saturated heterocycles. The highest BCUT2D eigenvalue weighted by Crippen LogP contribution is 2.71. The summed E-state index contributed by atoms with van der Waals surface area (Å²) < 4.78 is 26.5. The minimum Gasteiger partial charge on any atom is -0.207 e. The van der Waals surface area contributed by atoms with Crippen LogP contribution < -0.4 is 0 Å². The van der Waals surface area contributed by atoms with E-state index >= 15 is 0 Å². The van der Waals surface area contributed by atoms with E-state index < -0.39 is 11.6 Å². The molecule has 3 aliphatic rings. The van der Waals surface area contributed by atoms with Gasteiger partial charge in [0.05, 0.1) is 0 Å². The van der Waals surface area contributed by atoms with Gasteiger partial charge in [0.25, 0.3) is 0 Å². The molecule has 0 aliphatic heterocycles. The predicted molar refractivity (Wildman–Crippen MR) is 71.0 cm³/mol. The first-order valence-corrected chi connectivity index (χ1v) is 7.67. The molecule has 4 rings (SSSR count).